The number of anilines is 2. The molecule has 0 radical (unpaired) electrons. The number of rotatable bonds is 3. The van der Waals surface area contributed by atoms with E-state index in [1.54, 1.807) is 0 Å². The zero-order valence-electron chi connectivity index (χ0n) is 9.57. The predicted octanol–water partition coefficient (Wildman–Crippen LogP) is 1.95. The Kier molecular flexibility index (Phi) is 2.50. The third-order valence-electron chi connectivity index (χ3n) is 3.31. The Bertz CT molecular complexity index is 535. The summed E-state index contributed by atoms with van der Waals surface area (Å²) in [5.41, 5.74) is 2.91. The van der Waals surface area contributed by atoms with Gasteiger partial charge in [-0.25, -0.2) is 8.42 Å². The van der Waals surface area contributed by atoms with Crippen molar-refractivity contribution in [2.24, 2.45) is 0 Å². The van der Waals surface area contributed by atoms with Gasteiger partial charge in [-0.3, -0.25) is 4.72 Å². The van der Waals surface area contributed by atoms with Crippen molar-refractivity contribution in [2.75, 3.05) is 16.6 Å². The molecule has 17 heavy (non-hydrogen) atoms. The van der Waals surface area contributed by atoms with Crippen molar-refractivity contribution in [1.82, 2.24) is 0 Å². The fraction of sp³-hybridized carbons (Fsp3) is 0.500. The minimum Gasteiger partial charge on any atom is -0.385 e. The van der Waals surface area contributed by atoms with E-state index in [2.05, 4.69) is 10.0 Å². The van der Waals surface area contributed by atoms with E-state index in [4.69, 9.17) is 0 Å². The molecule has 0 amide bonds. The summed E-state index contributed by atoms with van der Waals surface area (Å²) in [6.07, 6.45) is 3.58. The maximum atomic E-state index is 11.9. The first-order valence-electron chi connectivity index (χ1n) is 6.04. The maximum Gasteiger partial charge on any atom is 0.235 e. The maximum absolute atomic E-state index is 11.9. The molecule has 5 heteroatoms. The number of fused-ring (bicyclic) bond motifs is 1. The fourth-order valence-corrected chi connectivity index (χ4v) is 3.64. The Morgan fingerprint density at radius 2 is 2.12 bits per heavy atom. The van der Waals surface area contributed by atoms with Gasteiger partial charge in [-0.2, -0.15) is 0 Å². The number of nitrogens with one attached hydrogen (secondary N) is 2. The monoisotopic (exact) mass is 252 g/mol. The lowest BCUT2D eigenvalue weighted by molar-refractivity contribution is 0.600. The highest BCUT2D eigenvalue weighted by Crippen LogP contribution is 2.33. The highest BCUT2D eigenvalue weighted by atomic mass is 32.2. The molecule has 2 aliphatic rings. The van der Waals surface area contributed by atoms with Crippen molar-refractivity contribution in [3.05, 3.63) is 23.8 Å². The van der Waals surface area contributed by atoms with Crippen LogP contribution in [0.25, 0.3) is 0 Å². The van der Waals surface area contributed by atoms with Crippen molar-refractivity contribution >= 4 is 21.4 Å². The molecule has 0 unspecified atom stereocenters. The van der Waals surface area contributed by atoms with Gasteiger partial charge in [0.05, 0.1) is 10.9 Å². The Hall–Kier alpha value is -1.23. The quantitative estimate of drug-likeness (QED) is 0.864. The molecule has 1 aliphatic carbocycles. The van der Waals surface area contributed by atoms with E-state index in [0.717, 1.165) is 49.2 Å². The molecular formula is C12H16N2O2S. The van der Waals surface area contributed by atoms with Gasteiger partial charge in [-0.05, 0) is 43.4 Å². The molecule has 92 valence electrons. The average molecular weight is 252 g/mol. The SMILES string of the molecule is O=S(=O)(Nc1cccc2c1CCCN2)C1CC1. The van der Waals surface area contributed by atoms with Crippen LogP contribution >= 0.6 is 0 Å². The van der Waals surface area contributed by atoms with Gasteiger partial charge in [0.2, 0.25) is 10.0 Å². The third-order valence-corrected chi connectivity index (χ3v) is 5.16. The topological polar surface area (TPSA) is 58.2 Å². The number of hydrogen-bond donors (Lipinski definition) is 2. The second-order valence-electron chi connectivity index (χ2n) is 4.71. The molecule has 1 fully saturated rings. The van der Waals surface area contributed by atoms with E-state index in [-0.39, 0.29) is 5.25 Å². The van der Waals surface area contributed by atoms with Crippen molar-refractivity contribution < 1.29 is 8.42 Å². The summed E-state index contributed by atoms with van der Waals surface area (Å²) in [6.45, 7) is 0.964. The number of benzene rings is 1. The summed E-state index contributed by atoms with van der Waals surface area (Å²) in [4.78, 5) is 0. The van der Waals surface area contributed by atoms with E-state index < -0.39 is 10.0 Å². The first kappa shape index (κ1) is 10.9. The van der Waals surface area contributed by atoms with Crippen LogP contribution in [0.4, 0.5) is 11.4 Å². The molecule has 4 nitrogen and oxygen atoms in total. The molecule has 1 heterocycles. The molecule has 0 spiro atoms. The molecule has 1 saturated carbocycles. The van der Waals surface area contributed by atoms with Crippen LogP contribution in [0, 0.1) is 0 Å². The van der Waals surface area contributed by atoms with Gasteiger partial charge in [-0.1, -0.05) is 6.07 Å². The Labute approximate surface area is 101 Å². The van der Waals surface area contributed by atoms with Crippen LogP contribution in [0.5, 0.6) is 0 Å². The van der Waals surface area contributed by atoms with Crippen LogP contribution in [0.3, 0.4) is 0 Å². The zero-order valence-corrected chi connectivity index (χ0v) is 10.4. The van der Waals surface area contributed by atoms with Crippen LogP contribution in [0.15, 0.2) is 18.2 Å². The van der Waals surface area contributed by atoms with Crippen molar-refractivity contribution in [3.8, 4) is 0 Å². The highest BCUT2D eigenvalue weighted by molar-refractivity contribution is 7.93. The summed E-state index contributed by atoms with van der Waals surface area (Å²) >= 11 is 0. The highest BCUT2D eigenvalue weighted by Gasteiger charge is 2.36. The predicted molar refractivity (Wildman–Crippen MR) is 68.8 cm³/mol. The van der Waals surface area contributed by atoms with E-state index in [9.17, 15) is 8.42 Å². The summed E-state index contributed by atoms with van der Waals surface area (Å²) in [5.74, 6) is 0. The van der Waals surface area contributed by atoms with Crippen molar-refractivity contribution in [2.45, 2.75) is 30.9 Å². The van der Waals surface area contributed by atoms with E-state index in [1.165, 1.54) is 0 Å². The van der Waals surface area contributed by atoms with Gasteiger partial charge >= 0.3 is 0 Å². The second-order valence-corrected chi connectivity index (χ2v) is 6.67. The van der Waals surface area contributed by atoms with Gasteiger partial charge < -0.3 is 5.32 Å². The standard InChI is InChI=1S/C12H16N2O2S/c15-17(16,9-6-7-9)14-12-5-1-4-11-10(12)3-2-8-13-11/h1,4-5,9,13-14H,2-3,6-8H2. The second kappa shape index (κ2) is 3.91. The third kappa shape index (κ3) is 2.11. The smallest absolute Gasteiger partial charge is 0.235 e. The molecule has 1 aliphatic heterocycles. The Morgan fingerprint density at radius 3 is 2.88 bits per heavy atom. The van der Waals surface area contributed by atoms with Gasteiger partial charge in [0.15, 0.2) is 0 Å². The average Bonchev–Trinajstić information content (AvgIpc) is 3.13. The molecule has 1 aromatic carbocycles. The molecule has 1 aromatic rings. The van der Waals surface area contributed by atoms with E-state index in [1.807, 2.05) is 18.2 Å². The largest absolute Gasteiger partial charge is 0.385 e. The fourth-order valence-electron chi connectivity index (χ4n) is 2.22. The summed E-state index contributed by atoms with van der Waals surface area (Å²) < 4.78 is 26.6. The van der Waals surface area contributed by atoms with Crippen LogP contribution in [0.2, 0.25) is 0 Å². The lowest BCUT2D eigenvalue weighted by Gasteiger charge is -2.21. The van der Waals surface area contributed by atoms with E-state index >= 15 is 0 Å². The first-order chi connectivity index (χ1) is 8.17. The lowest BCUT2D eigenvalue weighted by atomic mass is 10.0. The van der Waals surface area contributed by atoms with Gasteiger partial charge in [0.25, 0.3) is 0 Å². The summed E-state index contributed by atoms with van der Waals surface area (Å²) in [7, 11) is -3.15. The molecule has 2 N–H and O–H groups in total. The normalized spacial score (nSPS) is 19.3. The van der Waals surface area contributed by atoms with Crippen LogP contribution in [0.1, 0.15) is 24.8 Å². The number of sulfonamides is 1. The van der Waals surface area contributed by atoms with Crippen molar-refractivity contribution in [3.63, 3.8) is 0 Å². The zero-order chi connectivity index (χ0) is 11.9. The molecule has 0 aromatic heterocycles. The first-order valence-corrected chi connectivity index (χ1v) is 7.59. The van der Waals surface area contributed by atoms with Crippen LogP contribution in [-0.4, -0.2) is 20.2 Å². The van der Waals surface area contributed by atoms with Crippen LogP contribution < -0.4 is 10.0 Å². The summed E-state index contributed by atoms with van der Waals surface area (Å²) in [5, 5.41) is 3.13. The molecule has 0 saturated heterocycles. The minimum absolute atomic E-state index is 0.171. The summed E-state index contributed by atoms with van der Waals surface area (Å²) in [6, 6.07) is 5.75. The van der Waals surface area contributed by atoms with Crippen LogP contribution in [-0.2, 0) is 16.4 Å². The minimum atomic E-state index is -3.15. The Balaban J connectivity index is 1.92. The lowest BCUT2D eigenvalue weighted by Crippen LogP contribution is -2.20. The molecule has 0 atom stereocenters. The van der Waals surface area contributed by atoms with Gasteiger partial charge in [-0.15, -0.1) is 0 Å². The van der Waals surface area contributed by atoms with Gasteiger partial charge in [0, 0.05) is 12.2 Å². The molecule has 3 rings (SSSR count). The van der Waals surface area contributed by atoms with Gasteiger partial charge in [0.1, 0.15) is 0 Å². The van der Waals surface area contributed by atoms with E-state index in [0.29, 0.717) is 0 Å². The van der Waals surface area contributed by atoms with Crippen molar-refractivity contribution in [1.29, 1.82) is 0 Å². The molecule has 0 bridgehead atoms. The number of hydrogen-bond acceptors (Lipinski definition) is 3. The molecular weight excluding hydrogens is 236 g/mol. The Morgan fingerprint density at radius 1 is 1.29 bits per heavy atom.